The van der Waals surface area contributed by atoms with E-state index >= 15 is 0 Å². The third kappa shape index (κ3) is 1.34. The van der Waals surface area contributed by atoms with E-state index in [0.29, 0.717) is 5.41 Å². The van der Waals surface area contributed by atoms with Crippen LogP contribution in [0.1, 0.15) is 6.92 Å². The molecule has 2 aliphatic rings. The van der Waals surface area contributed by atoms with Gasteiger partial charge in [-0.05, 0) is 6.54 Å². The first-order valence-corrected chi connectivity index (χ1v) is 4.84. The molecular formula is C9H17N3O. The van der Waals surface area contributed by atoms with Crippen LogP contribution in [0.3, 0.4) is 0 Å². The minimum atomic E-state index is 0.298. The molecule has 0 unspecified atom stereocenters. The number of nitrogens with one attached hydrogen (secondary N) is 1. The Morgan fingerprint density at radius 1 is 1.62 bits per heavy atom. The number of likely N-dealkylation sites (tertiary alicyclic amines) is 1. The third-order valence-electron chi connectivity index (χ3n) is 3.09. The van der Waals surface area contributed by atoms with Gasteiger partial charge in [-0.2, -0.15) is 0 Å². The van der Waals surface area contributed by atoms with Crippen LogP contribution in [0.15, 0.2) is 5.16 Å². The molecular weight excluding hydrogens is 166 g/mol. The van der Waals surface area contributed by atoms with Crippen LogP contribution < -0.4 is 5.32 Å². The Hall–Kier alpha value is -0.610. The third-order valence-corrected chi connectivity index (χ3v) is 3.09. The van der Waals surface area contributed by atoms with Gasteiger partial charge in [0, 0.05) is 26.2 Å². The summed E-state index contributed by atoms with van der Waals surface area (Å²) in [6.45, 7) is 7.53. The van der Waals surface area contributed by atoms with Gasteiger partial charge in [-0.25, -0.2) is 0 Å². The lowest BCUT2D eigenvalue weighted by molar-refractivity contribution is 0.191. The Kier molecular flexibility index (Phi) is 2.26. The molecule has 0 aromatic carbocycles. The van der Waals surface area contributed by atoms with Crippen LogP contribution in [0.4, 0.5) is 0 Å². The molecule has 0 radical (unpaired) electrons. The van der Waals surface area contributed by atoms with Crippen molar-refractivity contribution in [2.24, 2.45) is 10.6 Å². The Morgan fingerprint density at radius 3 is 2.85 bits per heavy atom. The Balaban J connectivity index is 2.12. The summed E-state index contributed by atoms with van der Waals surface area (Å²) in [7, 11) is 1.63. The molecule has 0 amide bonds. The highest BCUT2D eigenvalue weighted by molar-refractivity contribution is 5.95. The predicted octanol–water partition coefficient (Wildman–Crippen LogP) is -0.0861. The van der Waals surface area contributed by atoms with Gasteiger partial charge in [-0.3, -0.25) is 4.90 Å². The van der Waals surface area contributed by atoms with Crippen LogP contribution in [-0.2, 0) is 4.84 Å². The van der Waals surface area contributed by atoms with Crippen molar-refractivity contribution in [2.75, 3.05) is 39.8 Å². The van der Waals surface area contributed by atoms with Crippen LogP contribution in [-0.4, -0.2) is 50.4 Å². The largest absolute Gasteiger partial charge is 0.399 e. The lowest BCUT2D eigenvalue weighted by Gasteiger charge is -2.38. The second kappa shape index (κ2) is 3.27. The number of hydrogen-bond donors (Lipinski definition) is 1. The standard InChI is InChI=1S/C9H17N3O/c1-3-12-4-8(11-13-2)9(7-12)5-10-6-9/h10H,3-7H2,1-2H3/b11-8+. The molecule has 0 bridgehead atoms. The lowest BCUT2D eigenvalue weighted by Crippen LogP contribution is -2.58. The molecule has 2 saturated heterocycles. The second-order valence-electron chi connectivity index (χ2n) is 3.91. The summed E-state index contributed by atoms with van der Waals surface area (Å²) in [6, 6.07) is 0. The maximum atomic E-state index is 4.88. The first-order valence-electron chi connectivity index (χ1n) is 4.84. The molecule has 2 fully saturated rings. The molecule has 0 atom stereocenters. The van der Waals surface area contributed by atoms with E-state index in [0.717, 1.165) is 32.7 Å². The van der Waals surface area contributed by atoms with E-state index in [2.05, 4.69) is 22.3 Å². The van der Waals surface area contributed by atoms with E-state index in [4.69, 9.17) is 4.84 Å². The number of rotatable bonds is 2. The summed E-state index contributed by atoms with van der Waals surface area (Å²) in [6.07, 6.45) is 0. The highest BCUT2D eigenvalue weighted by atomic mass is 16.6. The fourth-order valence-electron chi connectivity index (χ4n) is 2.16. The molecule has 2 aliphatic heterocycles. The van der Waals surface area contributed by atoms with E-state index in [1.807, 2.05) is 0 Å². The van der Waals surface area contributed by atoms with Gasteiger partial charge in [0.1, 0.15) is 7.11 Å². The van der Waals surface area contributed by atoms with Gasteiger partial charge < -0.3 is 10.2 Å². The summed E-state index contributed by atoms with van der Waals surface area (Å²) in [4.78, 5) is 7.30. The summed E-state index contributed by atoms with van der Waals surface area (Å²) in [5.74, 6) is 0. The van der Waals surface area contributed by atoms with Gasteiger partial charge in [0.15, 0.2) is 0 Å². The number of hydrogen-bond acceptors (Lipinski definition) is 4. The van der Waals surface area contributed by atoms with Crippen LogP contribution >= 0.6 is 0 Å². The SMILES string of the molecule is CCN1C/C(=N\OC)C2(CNC2)C1. The number of oxime groups is 1. The maximum absolute atomic E-state index is 4.88. The van der Waals surface area contributed by atoms with Crippen molar-refractivity contribution in [2.45, 2.75) is 6.92 Å². The molecule has 74 valence electrons. The van der Waals surface area contributed by atoms with Crippen molar-refractivity contribution in [1.29, 1.82) is 0 Å². The predicted molar refractivity (Wildman–Crippen MR) is 51.9 cm³/mol. The summed E-state index contributed by atoms with van der Waals surface area (Å²) in [5.41, 5.74) is 1.52. The van der Waals surface area contributed by atoms with Crippen molar-refractivity contribution in [3.8, 4) is 0 Å². The fraction of sp³-hybridized carbons (Fsp3) is 0.889. The highest BCUT2D eigenvalue weighted by Gasteiger charge is 2.48. The van der Waals surface area contributed by atoms with Gasteiger partial charge in [-0.1, -0.05) is 12.1 Å². The van der Waals surface area contributed by atoms with E-state index in [-0.39, 0.29) is 0 Å². The minimum absolute atomic E-state index is 0.298. The highest BCUT2D eigenvalue weighted by Crippen LogP contribution is 2.31. The zero-order valence-electron chi connectivity index (χ0n) is 8.34. The zero-order chi connectivity index (χ0) is 9.31. The molecule has 0 aromatic heterocycles. The lowest BCUT2D eigenvalue weighted by atomic mass is 9.79. The normalized spacial score (nSPS) is 29.5. The topological polar surface area (TPSA) is 36.9 Å². The van der Waals surface area contributed by atoms with Gasteiger partial charge in [0.05, 0.1) is 11.1 Å². The van der Waals surface area contributed by atoms with E-state index in [1.165, 1.54) is 5.71 Å². The smallest absolute Gasteiger partial charge is 0.106 e. The van der Waals surface area contributed by atoms with Crippen molar-refractivity contribution < 1.29 is 4.84 Å². The van der Waals surface area contributed by atoms with E-state index < -0.39 is 0 Å². The van der Waals surface area contributed by atoms with Crippen LogP contribution in [0, 0.1) is 5.41 Å². The minimum Gasteiger partial charge on any atom is -0.399 e. The van der Waals surface area contributed by atoms with Gasteiger partial charge in [0.25, 0.3) is 0 Å². The van der Waals surface area contributed by atoms with Crippen LogP contribution in [0.5, 0.6) is 0 Å². The molecule has 1 N–H and O–H groups in total. The first kappa shape index (κ1) is 8.97. The van der Waals surface area contributed by atoms with Crippen molar-refractivity contribution in [1.82, 2.24) is 10.2 Å². The van der Waals surface area contributed by atoms with Crippen molar-refractivity contribution in [3.05, 3.63) is 0 Å². The Bertz CT molecular complexity index is 223. The number of nitrogens with zero attached hydrogens (tertiary/aromatic N) is 2. The monoisotopic (exact) mass is 183 g/mol. The average molecular weight is 183 g/mol. The first-order chi connectivity index (χ1) is 6.30. The second-order valence-corrected chi connectivity index (χ2v) is 3.91. The van der Waals surface area contributed by atoms with Crippen molar-refractivity contribution in [3.63, 3.8) is 0 Å². The zero-order valence-corrected chi connectivity index (χ0v) is 8.34. The molecule has 2 heterocycles. The maximum Gasteiger partial charge on any atom is 0.106 e. The molecule has 4 heteroatoms. The fourth-order valence-corrected chi connectivity index (χ4v) is 2.16. The summed E-state index contributed by atoms with van der Waals surface area (Å²) < 4.78 is 0. The quantitative estimate of drug-likeness (QED) is 0.608. The molecule has 0 aromatic rings. The van der Waals surface area contributed by atoms with Crippen molar-refractivity contribution >= 4 is 5.71 Å². The average Bonchev–Trinajstić information content (AvgIpc) is 2.44. The molecule has 4 nitrogen and oxygen atoms in total. The van der Waals surface area contributed by atoms with Crippen LogP contribution in [0.25, 0.3) is 0 Å². The molecule has 2 rings (SSSR count). The van der Waals surface area contributed by atoms with Gasteiger partial charge in [0.2, 0.25) is 0 Å². The van der Waals surface area contributed by atoms with E-state index in [9.17, 15) is 0 Å². The molecule has 1 spiro atoms. The summed E-state index contributed by atoms with van der Waals surface area (Å²) >= 11 is 0. The van der Waals surface area contributed by atoms with E-state index in [1.54, 1.807) is 7.11 Å². The summed E-state index contributed by atoms with van der Waals surface area (Å²) in [5, 5.41) is 7.45. The van der Waals surface area contributed by atoms with Gasteiger partial charge in [-0.15, -0.1) is 0 Å². The Labute approximate surface area is 78.9 Å². The Morgan fingerprint density at radius 2 is 2.38 bits per heavy atom. The molecule has 13 heavy (non-hydrogen) atoms. The van der Waals surface area contributed by atoms with Gasteiger partial charge >= 0.3 is 0 Å². The molecule has 0 saturated carbocycles. The van der Waals surface area contributed by atoms with Crippen LogP contribution in [0.2, 0.25) is 0 Å². The molecule has 0 aliphatic carbocycles.